The van der Waals surface area contributed by atoms with Crippen molar-refractivity contribution in [1.82, 2.24) is 14.8 Å². The molecular formula is C25H26N4O3. The van der Waals surface area contributed by atoms with Crippen molar-refractivity contribution in [3.05, 3.63) is 64.9 Å². The summed E-state index contributed by atoms with van der Waals surface area (Å²) < 4.78 is 12.6. The van der Waals surface area contributed by atoms with Gasteiger partial charge < -0.3 is 14.8 Å². The zero-order valence-corrected chi connectivity index (χ0v) is 18.5. The summed E-state index contributed by atoms with van der Waals surface area (Å²) in [5.74, 6) is 2.65. The Morgan fingerprint density at radius 1 is 1.06 bits per heavy atom. The molecule has 2 aromatic carbocycles. The van der Waals surface area contributed by atoms with Crippen molar-refractivity contribution in [2.75, 3.05) is 19.5 Å². The number of nitrogens with one attached hydrogen (secondary N) is 1. The number of carbonyl (C=O) groups excluding carboxylic acids is 1. The van der Waals surface area contributed by atoms with Crippen molar-refractivity contribution in [2.24, 2.45) is 0 Å². The fourth-order valence-corrected chi connectivity index (χ4v) is 4.50. The summed E-state index contributed by atoms with van der Waals surface area (Å²) in [6.07, 6.45) is 3.22. The van der Waals surface area contributed by atoms with Gasteiger partial charge in [-0.2, -0.15) is 4.98 Å². The Hall–Kier alpha value is -3.61. The maximum atomic E-state index is 13.0. The molecule has 2 aliphatic rings. The molecule has 164 valence electrons. The molecule has 1 aromatic heterocycles. The second kappa shape index (κ2) is 8.15. The van der Waals surface area contributed by atoms with Crippen LogP contribution in [0.15, 0.2) is 53.7 Å². The zero-order valence-electron chi connectivity index (χ0n) is 18.5. The fraction of sp³-hybridized carbons (Fsp3) is 0.320. The van der Waals surface area contributed by atoms with Gasteiger partial charge >= 0.3 is 0 Å². The molecule has 0 spiro atoms. The average Bonchev–Trinajstić information content (AvgIpc) is 3.26. The summed E-state index contributed by atoms with van der Waals surface area (Å²) in [7, 11) is 3.21. The number of ketones is 1. The minimum absolute atomic E-state index is 0.178. The van der Waals surface area contributed by atoms with Crippen LogP contribution >= 0.6 is 0 Å². The Bertz CT molecular complexity index is 1210. The van der Waals surface area contributed by atoms with Gasteiger partial charge in [-0.15, -0.1) is 5.10 Å². The van der Waals surface area contributed by atoms with Gasteiger partial charge in [0.25, 0.3) is 0 Å². The number of aromatic nitrogens is 3. The number of Topliss-reactive ketones (excluding diaryl/α,β-unsaturated/α-hetero) is 1. The SMILES string of the molecule is CCc1ccc(C2C3=C(CCCC3=O)Nc3nc(-c4ccc(OC)c(OC)c4)nn32)cc1. The molecule has 1 atom stereocenters. The van der Waals surface area contributed by atoms with Crippen molar-refractivity contribution in [3.63, 3.8) is 0 Å². The number of ether oxygens (including phenoxy) is 2. The summed E-state index contributed by atoms with van der Waals surface area (Å²) in [6, 6.07) is 13.8. The summed E-state index contributed by atoms with van der Waals surface area (Å²) >= 11 is 0. The first kappa shape index (κ1) is 20.3. The molecule has 0 saturated heterocycles. The van der Waals surface area contributed by atoms with Gasteiger partial charge in [0.1, 0.15) is 6.04 Å². The first-order valence-electron chi connectivity index (χ1n) is 10.9. The van der Waals surface area contributed by atoms with Crippen molar-refractivity contribution >= 4 is 11.7 Å². The molecule has 0 bridgehead atoms. The third-order valence-electron chi connectivity index (χ3n) is 6.21. The number of allylic oxidation sites excluding steroid dienone is 2. The molecule has 7 nitrogen and oxygen atoms in total. The summed E-state index contributed by atoms with van der Waals surface area (Å²) in [6.45, 7) is 2.13. The predicted molar refractivity (Wildman–Crippen MR) is 122 cm³/mol. The van der Waals surface area contributed by atoms with E-state index in [1.54, 1.807) is 14.2 Å². The highest BCUT2D eigenvalue weighted by molar-refractivity contribution is 5.99. The van der Waals surface area contributed by atoms with E-state index >= 15 is 0 Å². The highest BCUT2D eigenvalue weighted by Gasteiger charge is 2.36. The Morgan fingerprint density at radius 3 is 2.56 bits per heavy atom. The Balaban J connectivity index is 1.63. The largest absolute Gasteiger partial charge is 0.493 e. The third-order valence-corrected chi connectivity index (χ3v) is 6.21. The van der Waals surface area contributed by atoms with Crippen LogP contribution in [0, 0.1) is 0 Å². The lowest BCUT2D eigenvalue weighted by atomic mass is 9.85. The van der Waals surface area contributed by atoms with E-state index < -0.39 is 0 Å². The Morgan fingerprint density at radius 2 is 1.84 bits per heavy atom. The lowest BCUT2D eigenvalue weighted by molar-refractivity contribution is -0.116. The van der Waals surface area contributed by atoms with Gasteiger partial charge in [0, 0.05) is 23.3 Å². The van der Waals surface area contributed by atoms with Gasteiger partial charge in [0.2, 0.25) is 5.95 Å². The van der Waals surface area contributed by atoms with Crippen LogP contribution in [0.3, 0.4) is 0 Å². The molecule has 0 fully saturated rings. The minimum Gasteiger partial charge on any atom is -0.493 e. The molecule has 3 aromatic rings. The number of carbonyl (C=O) groups is 1. The number of rotatable bonds is 5. The molecule has 1 aliphatic heterocycles. The van der Waals surface area contributed by atoms with E-state index in [-0.39, 0.29) is 11.8 Å². The molecule has 32 heavy (non-hydrogen) atoms. The van der Waals surface area contributed by atoms with E-state index in [0.29, 0.717) is 29.7 Å². The molecule has 1 aliphatic carbocycles. The van der Waals surface area contributed by atoms with Crippen LogP contribution in [-0.2, 0) is 11.2 Å². The first-order valence-corrected chi connectivity index (χ1v) is 10.9. The lowest BCUT2D eigenvalue weighted by Crippen LogP contribution is -2.31. The maximum Gasteiger partial charge on any atom is 0.226 e. The molecule has 1 N–H and O–H groups in total. The number of anilines is 1. The molecule has 5 rings (SSSR count). The van der Waals surface area contributed by atoms with Gasteiger partial charge in [-0.3, -0.25) is 4.79 Å². The topological polar surface area (TPSA) is 78.3 Å². The predicted octanol–water partition coefficient (Wildman–Crippen LogP) is 4.55. The van der Waals surface area contributed by atoms with Crippen LogP contribution in [0.5, 0.6) is 11.5 Å². The molecule has 0 saturated carbocycles. The van der Waals surface area contributed by atoms with Gasteiger partial charge in [0.15, 0.2) is 23.1 Å². The van der Waals surface area contributed by atoms with Crippen LogP contribution in [0.4, 0.5) is 5.95 Å². The number of benzene rings is 2. The smallest absolute Gasteiger partial charge is 0.226 e. The molecular weight excluding hydrogens is 404 g/mol. The van der Waals surface area contributed by atoms with Crippen LogP contribution in [0.1, 0.15) is 43.4 Å². The molecule has 7 heteroatoms. The van der Waals surface area contributed by atoms with E-state index in [9.17, 15) is 4.79 Å². The van der Waals surface area contributed by atoms with Gasteiger partial charge in [-0.1, -0.05) is 31.2 Å². The number of fused-ring (bicyclic) bond motifs is 1. The third kappa shape index (κ3) is 3.34. The fourth-order valence-electron chi connectivity index (χ4n) is 4.50. The maximum absolute atomic E-state index is 13.0. The van der Waals surface area contributed by atoms with Crippen LogP contribution < -0.4 is 14.8 Å². The minimum atomic E-state index is -0.290. The second-order valence-electron chi connectivity index (χ2n) is 8.06. The summed E-state index contributed by atoms with van der Waals surface area (Å²) in [4.78, 5) is 17.8. The number of hydrogen-bond acceptors (Lipinski definition) is 6. The van der Waals surface area contributed by atoms with E-state index in [4.69, 9.17) is 19.6 Å². The van der Waals surface area contributed by atoms with E-state index in [2.05, 4.69) is 36.5 Å². The monoisotopic (exact) mass is 430 g/mol. The van der Waals surface area contributed by atoms with Gasteiger partial charge in [0.05, 0.1) is 14.2 Å². The number of nitrogens with zero attached hydrogens (tertiary/aromatic N) is 3. The molecule has 2 heterocycles. The Kier molecular flexibility index (Phi) is 5.17. The van der Waals surface area contributed by atoms with Gasteiger partial charge in [-0.25, -0.2) is 4.68 Å². The van der Waals surface area contributed by atoms with Crippen LogP contribution in [0.25, 0.3) is 11.4 Å². The highest BCUT2D eigenvalue weighted by Crippen LogP contribution is 2.41. The summed E-state index contributed by atoms with van der Waals surface area (Å²) in [5.41, 5.74) is 4.88. The van der Waals surface area contributed by atoms with E-state index in [1.165, 1.54) is 5.56 Å². The van der Waals surface area contributed by atoms with E-state index in [1.807, 2.05) is 22.9 Å². The van der Waals surface area contributed by atoms with Gasteiger partial charge in [-0.05, 0) is 48.6 Å². The average molecular weight is 431 g/mol. The van der Waals surface area contributed by atoms with E-state index in [0.717, 1.165) is 41.7 Å². The Labute approximate surface area is 187 Å². The number of methoxy groups -OCH3 is 2. The standard InChI is InChI=1S/C25H26N4O3/c1-4-15-8-10-16(11-9-15)23-22-18(6-5-7-19(22)30)26-25-27-24(28-29(23)25)17-12-13-20(31-2)21(14-17)32-3/h8-14,23H,4-7H2,1-3H3,(H,26,27,28). The first-order chi connectivity index (χ1) is 15.6. The zero-order chi connectivity index (χ0) is 22.2. The molecule has 0 radical (unpaired) electrons. The molecule has 1 unspecified atom stereocenters. The van der Waals surface area contributed by atoms with Crippen LogP contribution in [0.2, 0.25) is 0 Å². The number of hydrogen-bond donors (Lipinski definition) is 1. The highest BCUT2D eigenvalue weighted by atomic mass is 16.5. The van der Waals surface area contributed by atoms with Crippen molar-refractivity contribution in [1.29, 1.82) is 0 Å². The second-order valence-corrected chi connectivity index (χ2v) is 8.06. The number of aryl methyl sites for hydroxylation is 1. The summed E-state index contributed by atoms with van der Waals surface area (Å²) in [5, 5.41) is 8.22. The van der Waals surface area contributed by atoms with Crippen molar-refractivity contribution < 1.29 is 14.3 Å². The lowest BCUT2D eigenvalue weighted by Gasteiger charge is -2.32. The van der Waals surface area contributed by atoms with Crippen LogP contribution in [-0.4, -0.2) is 34.8 Å². The van der Waals surface area contributed by atoms with Crippen molar-refractivity contribution in [2.45, 2.75) is 38.6 Å². The normalized spacial score (nSPS) is 17.5. The quantitative estimate of drug-likeness (QED) is 0.640. The van der Waals surface area contributed by atoms with Crippen molar-refractivity contribution in [3.8, 4) is 22.9 Å². The molecule has 0 amide bonds.